The summed E-state index contributed by atoms with van der Waals surface area (Å²) >= 11 is 0. The van der Waals surface area contributed by atoms with E-state index in [0.717, 1.165) is 6.42 Å². The van der Waals surface area contributed by atoms with Crippen molar-refractivity contribution in [3.05, 3.63) is 36.5 Å². The first-order valence-electron chi connectivity index (χ1n) is 6.99. The maximum Gasteiger partial charge on any atom is -0.0320 e. The molecule has 0 unspecified atom stereocenters. The Morgan fingerprint density at radius 2 is 1.82 bits per heavy atom. The molecule has 0 heterocycles. The summed E-state index contributed by atoms with van der Waals surface area (Å²) in [6.07, 6.45) is 13.7. The van der Waals surface area contributed by atoms with Crippen LogP contribution in [0, 0.1) is 0 Å². The van der Waals surface area contributed by atoms with Crippen LogP contribution in [0.1, 0.15) is 72.6 Å². The highest BCUT2D eigenvalue weighted by Crippen LogP contribution is 2.20. The van der Waals surface area contributed by atoms with Crippen molar-refractivity contribution >= 4 is 0 Å². The highest BCUT2D eigenvalue weighted by Gasteiger charge is 2.00. The molecule has 100 valence electrons. The number of allylic oxidation sites excluding steroid dienone is 4. The van der Waals surface area contributed by atoms with Crippen LogP contribution in [-0.4, -0.2) is 0 Å². The zero-order valence-electron chi connectivity index (χ0n) is 12.5. The second-order valence-electron chi connectivity index (χ2n) is 4.76. The van der Waals surface area contributed by atoms with Crippen LogP contribution in [0.25, 0.3) is 0 Å². The van der Waals surface area contributed by atoms with Crippen molar-refractivity contribution in [2.45, 2.75) is 72.6 Å². The van der Waals surface area contributed by atoms with Gasteiger partial charge in [-0.2, -0.15) is 0 Å². The van der Waals surface area contributed by atoms with Crippen LogP contribution in [0.4, 0.5) is 0 Å². The zero-order valence-corrected chi connectivity index (χ0v) is 12.5. The molecule has 0 spiro atoms. The van der Waals surface area contributed by atoms with E-state index in [4.69, 9.17) is 0 Å². The Hall–Kier alpha value is -0.780. The van der Waals surface area contributed by atoms with Crippen LogP contribution < -0.4 is 0 Å². The summed E-state index contributed by atoms with van der Waals surface area (Å²) in [7, 11) is 0. The predicted octanol–water partition coefficient (Wildman–Crippen LogP) is 6.45. The smallest absolute Gasteiger partial charge is 0.0320 e. The quantitative estimate of drug-likeness (QED) is 0.494. The highest BCUT2D eigenvalue weighted by atomic mass is 14.1. The lowest BCUT2D eigenvalue weighted by Crippen LogP contribution is -1.90. The van der Waals surface area contributed by atoms with Gasteiger partial charge in [-0.05, 0) is 52.4 Å². The molecule has 0 amide bonds. The van der Waals surface area contributed by atoms with Crippen LogP contribution in [0.2, 0.25) is 0 Å². The molecule has 0 bridgehead atoms. The van der Waals surface area contributed by atoms with Gasteiger partial charge in [-0.15, -0.1) is 13.2 Å². The van der Waals surface area contributed by atoms with Crippen molar-refractivity contribution in [2.75, 3.05) is 0 Å². The summed E-state index contributed by atoms with van der Waals surface area (Å²) in [5.74, 6) is 0. The average molecular weight is 236 g/mol. The van der Waals surface area contributed by atoms with Crippen molar-refractivity contribution in [1.82, 2.24) is 0 Å². The minimum atomic E-state index is 1.08. The molecule has 0 N–H and O–H groups in total. The van der Waals surface area contributed by atoms with Gasteiger partial charge in [-0.3, -0.25) is 0 Å². The van der Waals surface area contributed by atoms with Crippen molar-refractivity contribution < 1.29 is 0 Å². The minimum absolute atomic E-state index is 1.08. The maximum absolute atomic E-state index is 3.56. The molecule has 0 aromatic rings. The standard InChI is InChI=1S/C9H16.2C4H8/c1-2-6-9-7-4-3-5-8-9;1-4(2)3;1-3-4-2/h7H,2-6,8H2,1H3;1H2,2-3H3;3H,1,4H2,2H3. The van der Waals surface area contributed by atoms with Gasteiger partial charge in [-0.25, -0.2) is 0 Å². The van der Waals surface area contributed by atoms with Crippen molar-refractivity contribution in [3.63, 3.8) is 0 Å². The lowest BCUT2D eigenvalue weighted by molar-refractivity contribution is 0.670. The van der Waals surface area contributed by atoms with E-state index in [-0.39, 0.29) is 0 Å². The van der Waals surface area contributed by atoms with E-state index in [9.17, 15) is 0 Å². The van der Waals surface area contributed by atoms with Crippen molar-refractivity contribution in [3.8, 4) is 0 Å². The molecule has 0 nitrogen and oxygen atoms in total. The average Bonchev–Trinajstić information content (AvgIpc) is 2.30. The van der Waals surface area contributed by atoms with Gasteiger partial charge in [-0.1, -0.05) is 43.6 Å². The van der Waals surface area contributed by atoms with E-state index in [1.165, 1.54) is 44.1 Å². The Labute approximate surface area is 110 Å². The fourth-order valence-electron chi connectivity index (χ4n) is 1.45. The van der Waals surface area contributed by atoms with E-state index in [0.29, 0.717) is 0 Å². The Morgan fingerprint density at radius 3 is 2.12 bits per heavy atom. The van der Waals surface area contributed by atoms with Crippen molar-refractivity contribution in [2.24, 2.45) is 0 Å². The van der Waals surface area contributed by atoms with E-state index >= 15 is 0 Å². The van der Waals surface area contributed by atoms with Gasteiger partial charge in [0.25, 0.3) is 0 Å². The van der Waals surface area contributed by atoms with Crippen LogP contribution in [0.5, 0.6) is 0 Å². The van der Waals surface area contributed by atoms with Crippen LogP contribution >= 0.6 is 0 Å². The molecular weight excluding hydrogens is 204 g/mol. The number of rotatable bonds is 3. The number of hydrogen-bond acceptors (Lipinski definition) is 0. The van der Waals surface area contributed by atoms with E-state index in [1.54, 1.807) is 5.57 Å². The largest absolute Gasteiger partial charge is 0.103 e. The predicted molar refractivity (Wildman–Crippen MR) is 82.4 cm³/mol. The summed E-state index contributed by atoms with van der Waals surface area (Å²) in [5, 5.41) is 0. The summed E-state index contributed by atoms with van der Waals surface area (Å²) in [4.78, 5) is 0. The molecule has 0 fully saturated rings. The molecule has 0 radical (unpaired) electrons. The first-order valence-corrected chi connectivity index (χ1v) is 6.99. The minimum Gasteiger partial charge on any atom is -0.103 e. The van der Waals surface area contributed by atoms with Gasteiger partial charge in [0.15, 0.2) is 0 Å². The van der Waals surface area contributed by atoms with Gasteiger partial charge in [0.05, 0.1) is 0 Å². The van der Waals surface area contributed by atoms with Crippen LogP contribution in [-0.2, 0) is 0 Å². The van der Waals surface area contributed by atoms with Crippen molar-refractivity contribution in [1.29, 1.82) is 0 Å². The Morgan fingerprint density at radius 1 is 1.29 bits per heavy atom. The summed E-state index contributed by atoms with van der Waals surface area (Å²) in [6.45, 7) is 15.3. The molecule has 1 aliphatic carbocycles. The molecule has 0 saturated carbocycles. The first-order chi connectivity index (χ1) is 8.08. The summed E-state index contributed by atoms with van der Waals surface area (Å²) < 4.78 is 0. The third-order valence-electron chi connectivity index (χ3n) is 2.24. The molecule has 1 aliphatic rings. The Kier molecular flexibility index (Phi) is 16.6. The SMILES string of the molecule is C=C(C)C.C=CCC.CCCC1=CCCCC1. The van der Waals surface area contributed by atoms with Gasteiger partial charge in [0.1, 0.15) is 0 Å². The topological polar surface area (TPSA) is 0 Å². The monoisotopic (exact) mass is 236 g/mol. The van der Waals surface area contributed by atoms with Gasteiger partial charge < -0.3 is 0 Å². The third-order valence-corrected chi connectivity index (χ3v) is 2.24. The van der Waals surface area contributed by atoms with Crippen LogP contribution in [0.3, 0.4) is 0 Å². The summed E-state index contributed by atoms with van der Waals surface area (Å²) in [5.41, 5.74) is 2.88. The normalized spacial score (nSPS) is 13.3. The molecule has 0 saturated heterocycles. The van der Waals surface area contributed by atoms with Crippen LogP contribution in [0.15, 0.2) is 36.5 Å². The maximum atomic E-state index is 3.56. The lowest BCUT2D eigenvalue weighted by atomic mass is 9.96. The molecule has 0 aromatic carbocycles. The van der Waals surface area contributed by atoms with E-state index in [2.05, 4.69) is 33.1 Å². The fourth-order valence-corrected chi connectivity index (χ4v) is 1.45. The van der Waals surface area contributed by atoms with Gasteiger partial charge in [0.2, 0.25) is 0 Å². The lowest BCUT2D eigenvalue weighted by Gasteiger charge is -2.10. The third kappa shape index (κ3) is 21.1. The molecule has 0 aliphatic heterocycles. The molecule has 17 heavy (non-hydrogen) atoms. The second-order valence-corrected chi connectivity index (χ2v) is 4.76. The first kappa shape index (κ1) is 18.6. The van der Waals surface area contributed by atoms with Gasteiger partial charge in [0, 0.05) is 0 Å². The fraction of sp³-hybridized carbons (Fsp3) is 0.647. The van der Waals surface area contributed by atoms with Gasteiger partial charge >= 0.3 is 0 Å². The van der Waals surface area contributed by atoms with E-state index < -0.39 is 0 Å². The molecule has 0 heteroatoms. The molecule has 0 atom stereocenters. The number of hydrogen-bond donors (Lipinski definition) is 0. The zero-order chi connectivity index (χ0) is 13.5. The second kappa shape index (κ2) is 15.2. The molecule has 1 rings (SSSR count). The molecule has 0 aromatic heterocycles. The summed E-state index contributed by atoms with van der Waals surface area (Å²) in [6, 6.07) is 0. The van der Waals surface area contributed by atoms with E-state index in [1.807, 2.05) is 19.9 Å². The Balaban J connectivity index is 0. The highest BCUT2D eigenvalue weighted by molar-refractivity contribution is 5.04. The molecular formula is C17H32. The Bertz CT molecular complexity index is 204.